The molecule has 0 unspecified atom stereocenters. The van der Waals surface area contributed by atoms with Gasteiger partial charge in [0.25, 0.3) is 0 Å². The number of carbonyl (C=O) groups excluding carboxylic acids is 1. The molecule has 0 rings (SSSR count). The number of amides is 1. The SMILES string of the molecule is CS/C=C/C(=O)NCCSCCC(=O)O. The maximum Gasteiger partial charge on any atom is 0.304 e. The lowest BCUT2D eigenvalue weighted by atomic mass is 10.5. The molecule has 0 saturated heterocycles. The summed E-state index contributed by atoms with van der Waals surface area (Å²) in [5, 5.41) is 12.8. The zero-order valence-electron chi connectivity index (χ0n) is 8.56. The number of carbonyl (C=O) groups is 2. The molecule has 0 aliphatic heterocycles. The van der Waals surface area contributed by atoms with Gasteiger partial charge in [-0.3, -0.25) is 9.59 Å². The van der Waals surface area contributed by atoms with Crippen LogP contribution in [0.1, 0.15) is 6.42 Å². The molecule has 2 N–H and O–H groups in total. The van der Waals surface area contributed by atoms with Crippen molar-refractivity contribution in [1.82, 2.24) is 5.32 Å². The summed E-state index contributed by atoms with van der Waals surface area (Å²) in [5.41, 5.74) is 0. The molecule has 4 nitrogen and oxygen atoms in total. The van der Waals surface area contributed by atoms with E-state index in [0.29, 0.717) is 12.3 Å². The van der Waals surface area contributed by atoms with Crippen molar-refractivity contribution in [3.8, 4) is 0 Å². The fourth-order valence-electron chi connectivity index (χ4n) is 0.697. The van der Waals surface area contributed by atoms with E-state index in [9.17, 15) is 9.59 Å². The molecular weight excluding hydrogens is 234 g/mol. The smallest absolute Gasteiger partial charge is 0.304 e. The van der Waals surface area contributed by atoms with Gasteiger partial charge >= 0.3 is 5.97 Å². The van der Waals surface area contributed by atoms with Crippen LogP contribution in [0.15, 0.2) is 11.5 Å². The number of nitrogens with one attached hydrogen (secondary N) is 1. The van der Waals surface area contributed by atoms with E-state index in [-0.39, 0.29) is 12.3 Å². The van der Waals surface area contributed by atoms with Gasteiger partial charge in [0.1, 0.15) is 0 Å². The molecule has 0 heterocycles. The molecule has 0 fully saturated rings. The Morgan fingerprint density at radius 2 is 2.13 bits per heavy atom. The highest BCUT2D eigenvalue weighted by atomic mass is 32.2. The van der Waals surface area contributed by atoms with E-state index in [2.05, 4.69) is 5.32 Å². The molecule has 0 radical (unpaired) electrons. The normalized spacial score (nSPS) is 10.5. The molecule has 0 aromatic rings. The van der Waals surface area contributed by atoms with Crippen molar-refractivity contribution in [2.45, 2.75) is 6.42 Å². The first kappa shape index (κ1) is 14.4. The number of carboxylic acid groups (broad SMARTS) is 1. The van der Waals surface area contributed by atoms with Crippen LogP contribution in [-0.2, 0) is 9.59 Å². The number of aliphatic carboxylic acids is 1. The van der Waals surface area contributed by atoms with Gasteiger partial charge in [-0.2, -0.15) is 11.8 Å². The number of thioether (sulfide) groups is 2. The summed E-state index contributed by atoms with van der Waals surface area (Å²) in [4.78, 5) is 21.2. The van der Waals surface area contributed by atoms with Crippen LogP contribution >= 0.6 is 23.5 Å². The van der Waals surface area contributed by atoms with E-state index in [1.165, 1.54) is 29.6 Å². The summed E-state index contributed by atoms with van der Waals surface area (Å²) in [7, 11) is 0. The third-order valence-corrected chi connectivity index (χ3v) is 2.76. The molecular formula is C9H15NO3S2. The Morgan fingerprint density at radius 1 is 1.40 bits per heavy atom. The molecule has 15 heavy (non-hydrogen) atoms. The molecule has 0 bridgehead atoms. The summed E-state index contributed by atoms with van der Waals surface area (Å²) >= 11 is 2.99. The van der Waals surface area contributed by atoms with Crippen LogP contribution in [0.5, 0.6) is 0 Å². The Bertz CT molecular complexity index is 231. The maximum atomic E-state index is 11.0. The van der Waals surface area contributed by atoms with Crippen molar-refractivity contribution in [2.24, 2.45) is 0 Å². The molecule has 0 aromatic carbocycles. The predicted octanol–water partition coefficient (Wildman–Crippen LogP) is 1.19. The van der Waals surface area contributed by atoms with Crippen molar-refractivity contribution in [1.29, 1.82) is 0 Å². The topological polar surface area (TPSA) is 66.4 Å². The summed E-state index contributed by atoms with van der Waals surface area (Å²) in [6.45, 7) is 0.571. The van der Waals surface area contributed by atoms with Crippen LogP contribution in [0.3, 0.4) is 0 Å². The summed E-state index contributed by atoms with van der Waals surface area (Å²) in [5.74, 6) is 0.440. The summed E-state index contributed by atoms with van der Waals surface area (Å²) in [6.07, 6.45) is 3.53. The van der Waals surface area contributed by atoms with Crippen LogP contribution < -0.4 is 5.32 Å². The van der Waals surface area contributed by atoms with Crippen molar-refractivity contribution in [3.05, 3.63) is 11.5 Å². The lowest BCUT2D eigenvalue weighted by Gasteiger charge is -2.01. The second-order valence-corrected chi connectivity index (χ2v) is 4.55. The highest BCUT2D eigenvalue weighted by molar-refractivity contribution is 8.01. The number of hydrogen-bond donors (Lipinski definition) is 2. The third-order valence-electron chi connectivity index (χ3n) is 1.36. The first-order chi connectivity index (χ1) is 7.16. The average molecular weight is 249 g/mol. The first-order valence-electron chi connectivity index (χ1n) is 4.43. The number of carboxylic acids is 1. The van der Waals surface area contributed by atoms with E-state index in [1.807, 2.05) is 6.26 Å². The van der Waals surface area contributed by atoms with Gasteiger partial charge in [-0.05, 0) is 11.7 Å². The minimum absolute atomic E-state index is 0.108. The van der Waals surface area contributed by atoms with Crippen molar-refractivity contribution in [2.75, 3.05) is 24.3 Å². The zero-order chi connectivity index (χ0) is 11.5. The van der Waals surface area contributed by atoms with Crippen LogP contribution in [0.2, 0.25) is 0 Å². The van der Waals surface area contributed by atoms with Gasteiger partial charge in [0.2, 0.25) is 5.91 Å². The fraction of sp³-hybridized carbons (Fsp3) is 0.556. The van der Waals surface area contributed by atoms with E-state index in [4.69, 9.17) is 5.11 Å². The maximum absolute atomic E-state index is 11.0. The second-order valence-electron chi connectivity index (χ2n) is 2.59. The summed E-state index contributed by atoms with van der Waals surface area (Å²) in [6, 6.07) is 0. The largest absolute Gasteiger partial charge is 0.481 e. The fourth-order valence-corrected chi connectivity index (χ4v) is 1.73. The van der Waals surface area contributed by atoms with Crippen LogP contribution in [0, 0.1) is 0 Å². The van der Waals surface area contributed by atoms with Gasteiger partial charge in [-0.25, -0.2) is 0 Å². The van der Waals surface area contributed by atoms with E-state index in [0.717, 1.165) is 5.75 Å². The number of hydrogen-bond acceptors (Lipinski definition) is 4. The van der Waals surface area contributed by atoms with Crippen molar-refractivity contribution in [3.63, 3.8) is 0 Å². The lowest BCUT2D eigenvalue weighted by Crippen LogP contribution is -2.23. The van der Waals surface area contributed by atoms with E-state index >= 15 is 0 Å². The van der Waals surface area contributed by atoms with Gasteiger partial charge in [0.05, 0.1) is 6.42 Å². The molecule has 0 aliphatic carbocycles. The van der Waals surface area contributed by atoms with Crippen LogP contribution in [-0.4, -0.2) is 41.3 Å². The molecule has 0 atom stereocenters. The predicted molar refractivity (Wildman–Crippen MR) is 65.2 cm³/mol. The Hall–Kier alpha value is -0.620. The second kappa shape index (κ2) is 9.92. The summed E-state index contributed by atoms with van der Waals surface area (Å²) < 4.78 is 0. The average Bonchev–Trinajstić information content (AvgIpc) is 2.19. The molecule has 6 heteroatoms. The van der Waals surface area contributed by atoms with Crippen LogP contribution in [0.25, 0.3) is 0 Å². The Kier molecular flexibility index (Phi) is 9.51. The first-order valence-corrected chi connectivity index (χ1v) is 6.87. The lowest BCUT2D eigenvalue weighted by molar-refractivity contribution is -0.136. The number of rotatable bonds is 8. The van der Waals surface area contributed by atoms with Crippen molar-refractivity contribution >= 4 is 35.4 Å². The zero-order valence-corrected chi connectivity index (χ0v) is 10.2. The van der Waals surface area contributed by atoms with E-state index < -0.39 is 5.97 Å². The minimum atomic E-state index is -0.783. The molecule has 86 valence electrons. The molecule has 0 spiro atoms. The van der Waals surface area contributed by atoms with Crippen molar-refractivity contribution < 1.29 is 14.7 Å². The monoisotopic (exact) mass is 249 g/mol. The quantitative estimate of drug-likeness (QED) is 0.499. The van der Waals surface area contributed by atoms with Gasteiger partial charge in [-0.15, -0.1) is 11.8 Å². The highest BCUT2D eigenvalue weighted by Gasteiger charge is 1.97. The Morgan fingerprint density at radius 3 is 2.73 bits per heavy atom. The molecule has 0 saturated carbocycles. The molecule has 1 amide bonds. The Labute approximate surface area is 97.9 Å². The van der Waals surface area contributed by atoms with Gasteiger partial charge in [0.15, 0.2) is 0 Å². The Balaban J connectivity index is 3.27. The third kappa shape index (κ3) is 11.3. The van der Waals surface area contributed by atoms with Gasteiger partial charge in [-0.1, -0.05) is 0 Å². The molecule has 0 aromatic heterocycles. The standard InChI is InChI=1S/C9H15NO3S2/c1-14-5-2-8(11)10-4-7-15-6-3-9(12)13/h2,5H,3-4,6-7H2,1H3,(H,10,11)(H,12,13)/b5-2+. The van der Waals surface area contributed by atoms with Crippen LogP contribution in [0.4, 0.5) is 0 Å². The minimum Gasteiger partial charge on any atom is -0.481 e. The van der Waals surface area contributed by atoms with E-state index in [1.54, 1.807) is 5.41 Å². The van der Waals surface area contributed by atoms with Gasteiger partial charge < -0.3 is 10.4 Å². The van der Waals surface area contributed by atoms with Gasteiger partial charge in [0, 0.05) is 24.1 Å². The highest BCUT2D eigenvalue weighted by Crippen LogP contribution is 2.00. The molecule has 0 aliphatic rings.